The average Bonchev–Trinajstić information content (AvgIpc) is 2.23. The second-order valence-corrected chi connectivity index (χ2v) is 3.76. The van der Waals surface area contributed by atoms with Gasteiger partial charge in [0.05, 0.1) is 6.10 Å². The van der Waals surface area contributed by atoms with E-state index < -0.39 is 23.6 Å². The molecule has 1 unspecified atom stereocenters. The van der Waals surface area contributed by atoms with Crippen molar-refractivity contribution < 1.29 is 30.3 Å². The predicted molar refractivity (Wildman–Crippen MR) is 58.0 cm³/mol. The van der Waals surface area contributed by atoms with Gasteiger partial charge >= 0.3 is 5.97 Å². The SMILES string of the molecule is O=C(O)CCC(O)Cc1cc(O)c(O)cc1O. The second kappa shape index (κ2) is 5.40. The molecule has 1 rings (SSSR count). The van der Waals surface area contributed by atoms with Gasteiger partial charge in [-0.3, -0.25) is 4.79 Å². The van der Waals surface area contributed by atoms with Crippen molar-refractivity contribution in [2.75, 3.05) is 0 Å². The van der Waals surface area contributed by atoms with Crippen molar-refractivity contribution >= 4 is 5.97 Å². The Morgan fingerprint density at radius 3 is 2.29 bits per heavy atom. The van der Waals surface area contributed by atoms with Gasteiger partial charge in [-0.2, -0.15) is 0 Å². The summed E-state index contributed by atoms with van der Waals surface area (Å²) >= 11 is 0. The molecule has 0 amide bonds. The van der Waals surface area contributed by atoms with Gasteiger partial charge < -0.3 is 25.5 Å². The maximum Gasteiger partial charge on any atom is 0.303 e. The molecule has 6 heteroatoms. The highest BCUT2D eigenvalue weighted by molar-refractivity contribution is 5.66. The van der Waals surface area contributed by atoms with Crippen LogP contribution in [0.25, 0.3) is 0 Å². The van der Waals surface area contributed by atoms with E-state index in [1.54, 1.807) is 0 Å². The van der Waals surface area contributed by atoms with E-state index in [4.69, 9.17) is 10.2 Å². The number of aliphatic hydroxyl groups is 1. The van der Waals surface area contributed by atoms with Crippen LogP contribution in [0.1, 0.15) is 18.4 Å². The number of aliphatic carboxylic acids is 1. The van der Waals surface area contributed by atoms with Crippen molar-refractivity contribution in [3.8, 4) is 17.2 Å². The third-order valence-corrected chi connectivity index (χ3v) is 2.32. The highest BCUT2D eigenvalue weighted by Crippen LogP contribution is 2.32. The number of carboxylic acids is 1. The topological polar surface area (TPSA) is 118 Å². The molecule has 0 spiro atoms. The first-order chi connectivity index (χ1) is 7.90. The first-order valence-corrected chi connectivity index (χ1v) is 5.04. The number of hydrogen-bond acceptors (Lipinski definition) is 5. The Bertz CT molecular complexity index is 415. The molecule has 1 aromatic rings. The number of rotatable bonds is 5. The minimum absolute atomic E-state index is 0.00690. The molecule has 94 valence electrons. The Morgan fingerprint density at radius 1 is 1.12 bits per heavy atom. The summed E-state index contributed by atoms with van der Waals surface area (Å²) in [5.41, 5.74) is 0.248. The zero-order valence-electron chi connectivity index (χ0n) is 9.00. The largest absolute Gasteiger partial charge is 0.508 e. The summed E-state index contributed by atoms with van der Waals surface area (Å²) in [5.74, 6) is -2.12. The van der Waals surface area contributed by atoms with E-state index in [1.807, 2.05) is 0 Å². The molecule has 0 aliphatic carbocycles. The lowest BCUT2D eigenvalue weighted by atomic mass is 10.0. The molecular formula is C11H14O6. The molecule has 1 aromatic carbocycles. The second-order valence-electron chi connectivity index (χ2n) is 3.76. The van der Waals surface area contributed by atoms with Gasteiger partial charge in [-0.05, 0) is 12.5 Å². The third kappa shape index (κ3) is 3.84. The fourth-order valence-corrected chi connectivity index (χ4v) is 1.42. The zero-order valence-corrected chi connectivity index (χ0v) is 9.00. The van der Waals surface area contributed by atoms with E-state index >= 15 is 0 Å². The summed E-state index contributed by atoms with van der Waals surface area (Å²) < 4.78 is 0. The third-order valence-electron chi connectivity index (χ3n) is 2.32. The van der Waals surface area contributed by atoms with Crippen LogP contribution in [0, 0.1) is 0 Å². The van der Waals surface area contributed by atoms with Crippen LogP contribution in [0.15, 0.2) is 12.1 Å². The van der Waals surface area contributed by atoms with E-state index in [1.165, 1.54) is 0 Å². The molecule has 0 saturated heterocycles. The van der Waals surface area contributed by atoms with Crippen LogP contribution < -0.4 is 0 Å². The van der Waals surface area contributed by atoms with Gasteiger partial charge in [0.2, 0.25) is 0 Å². The summed E-state index contributed by atoms with van der Waals surface area (Å²) in [6, 6.07) is 2.10. The Labute approximate surface area is 97.4 Å². The fourth-order valence-electron chi connectivity index (χ4n) is 1.42. The van der Waals surface area contributed by atoms with E-state index in [0.717, 1.165) is 12.1 Å². The number of phenols is 3. The van der Waals surface area contributed by atoms with Crippen molar-refractivity contribution in [3.63, 3.8) is 0 Å². The van der Waals surface area contributed by atoms with Gasteiger partial charge in [0, 0.05) is 24.5 Å². The van der Waals surface area contributed by atoms with Crippen molar-refractivity contribution in [3.05, 3.63) is 17.7 Å². The van der Waals surface area contributed by atoms with Crippen molar-refractivity contribution in [1.82, 2.24) is 0 Å². The maximum atomic E-state index is 10.3. The minimum Gasteiger partial charge on any atom is -0.508 e. The molecule has 6 nitrogen and oxygen atoms in total. The molecule has 17 heavy (non-hydrogen) atoms. The lowest BCUT2D eigenvalue weighted by molar-refractivity contribution is -0.137. The Balaban J connectivity index is 2.68. The van der Waals surface area contributed by atoms with Crippen molar-refractivity contribution in [2.24, 2.45) is 0 Å². The summed E-state index contributed by atoms with van der Waals surface area (Å²) in [5, 5.41) is 45.7. The van der Waals surface area contributed by atoms with Gasteiger partial charge in [0.25, 0.3) is 0 Å². The van der Waals surface area contributed by atoms with Gasteiger partial charge in [-0.1, -0.05) is 0 Å². The number of aliphatic hydroxyl groups excluding tert-OH is 1. The van der Waals surface area contributed by atoms with Crippen molar-refractivity contribution in [1.29, 1.82) is 0 Å². The molecule has 0 aliphatic heterocycles. The first-order valence-electron chi connectivity index (χ1n) is 5.04. The fraction of sp³-hybridized carbons (Fsp3) is 0.364. The smallest absolute Gasteiger partial charge is 0.303 e. The minimum atomic E-state index is -1.01. The van der Waals surface area contributed by atoms with E-state index in [0.29, 0.717) is 0 Å². The number of carbonyl (C=O) groups is 1. The van der Waals surface area contributed by atoms with Crippen LogP contribution in [0.5, 0.6) is 17.2 Å². The molecule has 0 aliphatic rings. The summed E-state index contributed by atoms with van der Waals surface area (Å²) in [7, 11) is 0. The van der Waals surface area contributed by atoms with E-state index in [9.17, 15) is 20.1 Å². The Hall–Kier alpha value is -1.95. The highest BCUT2D eigenvalue weighted by atomic mass is 16.4. The van der Waals surface area contributed by atoms with Crippen LogP contribution in [0.4, 0.5) is 0 Å². The lowest BCUT2D eigenvalue weighted by Gasteiger charge is -2.11. The standard InChI is InChI=1S/C11H14O6/c12-7(1-2-11(16)17)3-6-4-9(14)10(15)5-8(6)13/h4-5,7,12-15H,1-3H2,(H,16,17). The molecule has 5 N–H and O–H groups in total. The number of aromatic hydroxyl groups is 3. The van der Waals surface area contributed by atoms with Gasteiger partial charge in [-0.25, -0.2) is 0 Å². The number of hydrogen-bond donors (Lipinski definition) is 5. The molecule has 0 saturated carbocycles. The average molecular weight is 242 g/mol. The van der Waals surface area contributed by atoms with Gasteiger partial charge in [0.15, 0.2) is 11.5 Å². The van der Waals surface area contributed by atoms with Crippen LogP contribution in [0.2, 0.25) is 0 Å². The van der Waals surface area contributed by atoms with Crippen LogP contribution in [-0.2, 0) is 11.2 Å². The predicted octanol–water partition coefficient (Wildman–Crippen LogP) is 0.572. The summed E-state index contributed by atoms with van der Waals surface area (Å²) in [4.78, 5) is 10.3. The number of benzene rings is 1. The Kier molecular flexibility index (Phi) is 4.17. The van der Waals surface area contributed by atoms with Gasteiger partial charge in [-0.15, -0.1) is 0 Å². The van der Waals surface area contributed by atoms with E-state index in [2.05, 4.69) is 0 Å². The molecule has 1 atom stereocenters. The van der Waals surface area contributed by atoms with Crippen LogP contribution in [-0.4, -0.2) is 37.6 Å². The summed E-state index contributed by atoms with van der Waals surface area (Å²) in [6.45, 7) is 0. The molecular weight excluding hydrogens is 228 g/mol. The summed E-state index contributed by atoms with van der Waals surface area (Å²) in [6.07, 6.45) is -1.05. The highest BCUT2D eigenvalue weighted by Gasteiger charge is 2.13. The van der Waals surface area contributed by atoms with Crippen LogP contribution >= 0.6 is 0 Å². The van der Waals surface area contributed by atoms with E-state index in [-0.39, 0.29) is 30.6 Å². The number of phenolic OH excluding ortho intramolecular Hbond substituents is 3. The van der Waals surface area contributed by atoms with Crippen molar-refractivity contribution in [2.45, 2.75) is 25.4 Å². The Morgan fingerprint density at radius 2 is 1.71 bits per heavy atom. The molecule has 0 bridgehead atoms. The normalized spacial score (nSPS) is 12.3. The quantitative estimate of drug-likeness (QED) is 0.380. The van der Waals surface area contributed by atoms with Crippen LogP contribution in [0.3, 0.4) is 0 Å². The molecule has 0 heterocycles. The monoisotopic (exact) mass is 242 g/mol. The zero-order chi connectivity index (χ0) is 13.0. The molecule has 0 radical (unpaired) electrons. The molecule has 0 fully saturated rings. The first kappa shape index (κ1) is 13.1. The lowest BCUT2D eigenvalue weighted by Crippen LogP contribution is -2.12. The maximum absolute atomic E-state index is 10.3. The molecule has 0 aromatic heterocycles. The van der Waals surface area contributed by atoms with Gasteiger partial charge in [0.1, 0.15) is 5.75 Å². The number of carboxylic acid groups (broad SMARTS) is 1.